The van der Waals surface area contributed by atoms with Crippen molar-refractivity contribution in [3.05, 3.63) is 194 Å². The van der Waals surface area contributed by atoms with Crippen LogP contribution in [-0.2, 0) is 0 Å². The third kappa shape index (κ3) is 4.90. The third-order valence-electron chi connectivity index (χ3n) is 12.2. The maximum absolute atomic E-state index is 7.04. The normalized spacial score (nSPS) is 12.0. The number of aromatic nitrogens is 4. The van der Waals surface area contributed by atoms with E-state index in [9.17, 15) is 0 Å². The van der Waals surface area contributed by atoms with Crippen molar-refractivity contribution < 1.29 is 4.42 Å². The first-order valence-electron chi connectivity index (χ1n) is 20.3. The molecular weight excluding hydrogens is 733 g/mol. The van der Waals surface area contributed by atoms with Gasteiger partial charge in [0.15, 0.2) is 23.1 Å². The van der Waals surface area contributed by atoms with E-state index in [-0.39, 0.29) is 0 Å². The molecule has 5 nitrogen and oxygen atoms in total. The van der Waals surface area contributed by atoms with Crippen molar-refractivity contribution >= 4 is 86.8 Å². The summed E-state index contributed by atoms with van der Waals surface area (Å²) in [5.74, 6) is 1.82. The Morgan fingerprint density at radius 2 is 0.933 bits per heavy atom. The lowest BCUT2D eigenvalue weighted by atomic mass is 10.0. The maximum atomic E-state index is 7.04. The van der Waals surface area contributed by atoms with E-state index in [1.165, 1.54) is 32.3 Å². The number of fused-ring (bicyclic) bond motifs is 12. The molecule has 0 aliphatic carbocycles. The van der Waals surface area contributed by atoms with Crippen molar-refractivity contribution in [2.75, 3.05) is 0 Å². The zero-order valence-corrected chi connectivity index (χ0v) is 32.2. The summed E-state index contributed by atoms with van der Waals surface area (Å²) in [5, 5.41) is 13.7. The topological polar surface area (TPSA) is 56.7 Å². The minimum Gasteiger partial charge on any atom is -0.454 e. The fraction of sp³-hybridized carbons (Fsp3) is 0. The van der Waals surface area contributed by atoms with Crippen LogP contribution in [0, 0.1) is 0 Å². The van der Waals surface area contributed by atoms with Crippen LogP contribution in [0.15, 0.2) is 199 Å². The zero-order chi connectivity index (χ0) is 39.3. The molecule has 0 N–H and O–H groups in total. The molecule has 0 aliphatic heterocycles. The summed E-state index contributed by atoms with van der Waals surface area (Å²) in [6.45, 7) is 0. The molecule has 0 saturated carbocycles. The van der Waals surface area contributed by atoms with Crippen molar-refractivity contribution in [3.8, 4) is 39.9 Å². The summed E-state index contributed by atoms with van der Waals surface area (Å²) in [6, 6.07) is 68.6. The van der Waals surface area contributed by atoms with E-state index in [0.29, 0.717) is 17.5 Å². The lowest BCUT2D eigenvalue weighted by Crippen LogP contribution is -2.02. The molecule has 0 fully saturated rings. The molecule has 0 spiro atoms. The van der Waals surface area contributed by atoms with E-state index in [2.05, 4.69) is 180 Å². The second-order valence-corrected chi connectivity index (χ2v) is 15.6. The average molecular weight is 765 g/mol. The SMILES string of the molecule is c1ccc(-c2nc(-c3cc(-n4c5cc6ccccc6cc5c5c6ccccc6ccc54)c4oc5ccc6ccccc6c5c4c3)nc(-c3cccc4ccccc34)n2)cc1. The number of hydrogen-bond acceptors (Lipinski definition) is 4. The molecule has 0 bridgehead atoms. The van der Waals surface area contributed by atoms with E-state index >= 15 is 0 Å². The van der Waals surface area contributed by atoms with Gasteiger partial charge in [-0.3, -0.25) is 0 Å². The molecule has 0 amide bonds. The first-order chi connectivity index (χ1) is 29.7. The van der Waals surface area contributed by atoms with Crippen LogP contribution in [0.1, 0.15) is 0 Å². The predicted octanol–water partition coefficient (Wildman–Crippen LogP) is 14.5. The Labute approximate surface area is 343 Å². The van der Waals surface area contributed by atoms with Gasteiger partial charge in [-0.25, -0.2) is 15.0 Å². The van der Waals surface area contributed by atoms with Crippen molar-refractivity contribution in [3.63, 3.8) is 0 Å². The highest BCUT2D eigenvalue weighted by Crippen LogP contribution is 2.44. The van der Waals surface area contributed by atoms with Gasteiger partial charge in [-0.05, 0) is 79.5 Å². The highest BCUT2D eigenvalue weighted by atomic mass is 16.3. The van der Waals surface area contributed by atoms with Gasteiger partial charge in [0, 0.05) is 38.2 Å². The summed E-state index contributed by atoms with van der Waals surface area (Å²) in [4.78, 5) is 15.8. The van der Waals surface area contributed by atoms with Crippen LogP contribution in [-0.4, -0.2) is 19.5 Å². The van der Waals surface area contributed by atoms with Gasteiger partial charge < -0.3 is 8.98 Å². The van der Waals surface area contributed by atoms with Gasteiger partial charge in [0.05, 0.1) is 16.7 Å². The van der Waals surface area contributed by atoms with Crippen LogP contribution in [0.5, 0.6) is 0 Å². The third-order valence-corrected chi connectivity index (χ3v) is 12.2. The fourth-order valence-corrected chi connectivity index (χ4v) is 9.42. The first-order valence-corrected chi connectivity index (χ1v) is 20.3. The molecule has 60 heavy (non-hydrogen) atoms. The second kappa shape index (κ2) is 12.7. The first kappa shape index (κ1) is 32.9. The molecule has 0 atom stereocenters. The molecular formula is C55H32N4O. The van der Waals surface area contributed by atoms with Crippen LogP contribution in [0.25, 0.3) is 127 Å². The van der Waals surface area contributed by atoms with E-state index in [0.717, 1.165) is 76.9 Å². The number of nitrogens with zero attached hydrogens (tertiary/aromatic N) is 4. The summed E-state index contributed by atoms with van der Waals surface area (Å²) in [5.41, 5.74) is 7.49. The van der Waals surface area contributed by atoms with Crippen LogP contribution in [0.4, 0.5) is 0 Å². The van der Waals surface area contributed by atoms with Gasteiger partial charge >= 0.3 is 0 Å². The van der Waals surface area contributed by atoms with Gasteiger partial charge in [-0.1, -0.05) is 158 Å². The Morgan fingerprint density at radius 3 is 1.70 bits per heavy atom. The highest BCUT2D eigenvalue weighted by Gasteiger charge is 2.24. The van der Waals surface area contributed by atoms with Crippen molar-refractivity contribution in [1.29, 1.82) is 0 Å². The maximum Gasteiger partial charge on any atom is 0.164 e. The second-order valence-electron chi connectivity index (χ2n) is 15.6. The Morgan fingerprint density at radius 1 is 0.350 bits per heavy atom. The van der Waals surface area contributed by atoms with Crippen molar-refractivity contribution in [1.82, 2.24) is 19.5 Å². The number of hydrogen-bond donors (Lipinski definition) is 0. The minimum atomic E-state index is 0.584. The molecule has 0 saturated heterocycles. The van der Waals surface area contributed by atoms with Gasteiger partial charge in [0.2, 0.25) is 0 Å². The number of rotatable bonds is 4. The molecule has 0 aliphatic rings. The predicted molar refractivity (Wildman–Crippen MR) is 248 cm³/mol. The summed E-state index contributed by atoms with van der Waals surface area (Å²) < 4.78 is 9.43. The Bertz CT molecular complexity index is 3890. The van der Waals surface area contributed by atoms with Gasteiger partial charge in [-0.2, -0.15) is 0 Å². The van der Waals surface area contributed by atoms with E-state index in [1.807, 2.05) is 18.2 Å². The van der Waals surface area contributed by atoms with E-state index < -0.39 is 0 Å². The Hall–Kier alpha value is -8.15. The molecule has 0 radical (unpaired) electrons. The number of benzene rings is 10. The van der Waals surface area contributed by atoms with Crippen molar-refractivity contribution in [2.24, 2.45) is 0 Å². The van der Waals surface area contributed by atoms with Crippen LogP contribution < -0.4 is 0 Å². The molecule has 13 aromatic rings. The van der Waals surface area contributed by atoms with Gasteiger partial charge in [-0.15, -0.1) is 0 Å². The zero-order valence-electron chi connectivity index (χ0n) is 32.2. The highest BCUT2D eigenvalue weighted by molar-refractivity contribution is 6.25. The average Bonchev–Trinajstić information content (AvgIpc) is 3.86. The van der Waals surface area contributed by atoms with Gasteiger partial charge in [0.25, 0.3) is 0 Å². The fourth-order valence-electron chi connectivity index (χ4n) is 9.42. The summed E-state index contributed by atoms with van der Waals surface area (Å²) in [6.07, 6.45) is 0. The van der Waals surface area contributed by atoms with Gasteiger partial charge in [0.1, 0.15) is 5.58 Å². The summed E-state index contributed by atoms with van der Waals surface area (Å²) in [7, 11) is 0. The monoisotopic (exact) mass is 764 g/mol. The summed E-state index contributed by atoms with van der Waals surface area (Å²) >= 11 is 0. The van der Waals surface area contributed by atoms with E-state index in [1.54, 1.807) is 0 Å². The molecule has 3 aromatic heterocycles. The lowest BCUT2D eigenvalue weighted by molar-refractivity contribution is 0.666. The largest absolute Gasteiger partial charge is 0.454 e. The smallest absolute Gasteiger partial charge is 0.164 e. The Kier molecular flexibility index (Phi) is 6.95. The van der Waals surface area contributed by atoms with Crippen LogP contribution in [0.2, 0.25) is 0 Å². The molecule has 278 valence electrons. The number of furan rings is 1. The van der Waals surface area contributed by atoms with Crippen LogP contribution >= 0.6 is 0 Å². The van der Waals surface area contributed by atoms with Crippen molar-refractivity contribution in [2.45, 2.75) is 0 Å². The van der Waals surface area contributed by atoms with Crippen LogP contribution in [0.3, 0.4) is 0 Å². The molecule has 13 rings (SSSR count). The standard InChI is InChI=1S/C55H32N4O/c1-2-16-36(17-3-1)53-56-54(58-55(57-53)43-24-12-20-33-13-6-9-21-40(33)43)39-30-45-51-42-23-11-8-15-35(42)26-28-49(51)60-52(45)48(32-39)59-46-27-25-34-14-7-10-22-41(34)50(46)44-29-37-18-4-5-19-38(37)31-47(44)59/h1-32H. The molecule has 5 heteroatoms. The quantitative estimate of drug-likeness (QED) is 0.179. The molecule has 3 heterocycles. The van der Waals surface area contributed by atoms with E-state index in [4.69, 9.17) is 19.4 Å². The molecule has 0 unspecified atom stereocenters. The lowest BCUT2D eigenvalue weighted by Gasteiger charge is -2.13. The molecule has 10 aromatic carbocycles. The minimum absolute atomic E-state index is 0.584. The Balaban J connectivity index is 1.19.